The summed E-state index contributed by atoms with van der Waals surface area (Å²) >= 11 is 12.4. The van der Waals surface area contributed by atoms with Gasteiger partial charge in [0.15, 0.2) is 5.75 Å². The number of halogens is 3. The van der Waals surface area contributed by atoms with Crippen molar-refractivity contribution in [1.82, 2.24) is 10.9 Å². The Kier molecular flexibility index (Phi) is 8.36. The third-order valence-corrected chi connectivity index (χ3v) is 3.52. The van der Waals surface area contributed by atoms with Crippen LogP contribution in [0.15, 0.2) is 42.5 Å². The smallest absolute Gasteiger partial charge is 0.265 e. The Morgan fingerprint density at radius 3 is 2.25 bits per heavy atom. The standard InChI is InChI=1S/C17H18Cl2N2O2.ClH/c1-11(2)20-21-17(22)13-8-14(18)16(15(19)9-13)23-10-12-6-4-3-5-7-12;/h3-9,11,20H,10H2,1-2H3,(H,21,22);1H. The Labute approximate surface area is 157 Å². The molecule has 24 heavy (non-hydrogen) atoms. The fourth-order valence-electron chi connectivity index (χ4n) is 1.84. The molecular weight excluding hydrogens is 371 g/mol. The highest BCUT2D eigenvalue weighted by Crippen LogP contribution is 2.34. The zero-order valence-corrected chi connectivity index (χ0v) is 15.6. The van der Waals surface area contributed by atoms with Gasteiger partial charge < -0.3 is 4.74 Å². The maximum atomic E-state index is 12.0. The van der Waals surface area contributed by atoms with Gasteiger partial charge in [-0.1, -0.05) is 53.5 Å². The van der Waals surface area contributed by atoms with E-state index in [9.17, 15) is 4.79 Å². The Hall–Kier alpha value is -1.46. The van der Waals surface area contributed by atoms with Crippen LogP contribution < -0.4 is 15.6 Å². The van der Waals surface area contributed by atoms with Crippen molar-refractivity contribution in [3.63, 3.8) is 0 Å². The number of hydrazine groups is 1. The maximum Gasteiger partial charge on any atom is 0.265 e. The third kappa shape index (κ3) is 5.87. The summed E-state index contributed by atoms with van der Waals surface area (Å²) in [5, 5.41) is 0.589. The quantitative estimate of drug-likeness (QED) is 0.708. The van der Waals surface area contributed by atoms with Gasteiger partial charge in [0.2, 0.25) is 0 Å². The van der Waals surface area contributed by atoms with Gasteiger partial charge in [0, 0.05) is 11.6 Å². The summed E-state index contributed by atoms with van der Waals surface area (Å²) < 4.78 is 5.68. The first-order valence-electron chi connectivity index (χ1n) is 7.19. The molecule has 0 aliphatic carbocycles. The van der Waals surface area contributed by atoms with E-state index in [1.54, 1.807) is 0 Å². The van der Waals surface area contributed by atoms with Crippen molar-refractivity contribution >= 4 is 41.5 Å². The van der Waals surface area contributed by atoms with E-state index in [1.807, 2.05) is 44.2 Å². The molecule has 0 saturated carbocycles. The number of ether oxygens (including phenoxy) is 1. The monoisotopic (exact) mass is 388 g/mol. The van der Waals surface area contributed by atoms with E-state index < -0.39 is 0 Å². The SMILES string of the molecule is CC(C)NNC(=O)c1cc(Cl)c(OCc2ccccc2)c(Cl)c1.Cl. The van der Waals surface area contributed by atoms with Gasteiger partial charge in [-0.3, -0.25) is 10.2 Å². The van der Waals surface area contributed by atoms with Gasteiger partial charge in [0.1, 0.15) is 6.61 Å². The van der Waals surface area contributed by atoms with Crippen LogP contribution in [0.4, 0.5) is 0 Å². The number of amides is 1. The molecule has 0 aliphatic rings. The van der Waals surface area contributed by atoms with Crippen LogP contribution in [0.3, 0.4) is 0 Å². The molecule has 2 aromatic carbocycles. The average Bonchev–Trinajstić information content (AvgIpc) is 2.52. The van der Waals surface area contributed by atoms with Crippen LogP contribution in [0.1, 0.15) is 29.8 Å². The largest absolute Gasteiger partial charge is 0.486 e. The van der Waals surface area contributed by atoms with Crippen LogP contribution in [0, 0.1) is 0 Å². The second-order valence-corrected chi connectivity index (χ2v) is 6.11. The summed E-state index contributed by atoms with van der Waals surface area (Å²) in [6.07, 6.45) is 0. The second kappa shape index (κ2) is 9.74. The van der Waals surface area contributed by atoms with E-state index in [0.29, 0.717) is 28.0 Å². The topological polar surface area (TPSA) is 50.4 Å². The molecule has 0 bridgehead atoms. The maximum absolute atomic E-state index is 12.0. The van der Waals surface area contributed by atoms with Crippen LogP contribution in [0.2, 0.25) is 10.0 Å². The highest BCUT2D eigenvalue weighted by molar-refractivity contribution is 6.37. The third-order valence-electron chi connectivity index (χ3n) is 2.96. The van der Waals surface area contributed by atoms with Crippen LogP contribution in [-0.4, -0.2) is 11.9 Å². The molecule has 130 valence electrons. The van der Waals surface area contributed by atoms with Crippen LogP contribution in [0.5, 0.6) is 5.75 Å². The molecule has 0 aliphatic heterocycles. The Morgan fingerprint density at radius 2 is 1.71 bits per heavy atom. The summed E-state index contributed by atoms with van der Waals surface area (Å²) in [4.78, 5) is 12.0. The van der Waals surface area contributed by atoms with Crippen molar-refractivity contribution in [2.45, 2.75) is 26.5 Å². The summed E-state index contributed by atoms with van der Waals surface area (Å²) in [6.45, 7) is 4.18. The highest BCUT2D eigenvalue weighted by atomic mass is 35.5. The van der Waals surface area contributed by atoms with Gasteiger partial charge in [-0.25, -0.2) is 5.43 Å². The van der Waals surface area contributed by atoms with Gasteiger partial charge in [-0.15, -0.1) is 12.4 Å². The molecule has 2 aromatic rings. The van der Waals surface area contributed by atoms with E-state index in [2.05, 4.69) is 10.9 Å². The van der Waals surface area contributed by atoms with Gasteiger partial charge in [0.05, 0.1) is 10.0 Å². The van der Waals surface area contributed by atoms with Gasteiger partial charge in [-0.05, 0) is 31.5 Å². The van der Waals surface area contributed by atoms with Crippen molar-refractivity contribution in [3.8, 4) is 5.75 Å². The fourth-order valence-corrected chi connectivity index (χ4v) is 2.44. The van der Waals surface area contributed by atoms with Crippen molar-refractivity contribution < 1.29 is 9.53 Å². The summed E-state index contributed by atoms with van der Waals surface area (Å²) in [7, 11) is 0. The molecule has 2 N–H and O–H groups in total. The molecule has 0 radical (unpaired) electrons. The van der Waals surface area contributed by atoms with Gasteiger partial charge in [-0.2, -0.15) is 0 Å². The first kappa shape index (κ1) is 20.6. The van der Waals surface area contributed by atoms with E-state index in [4.69, 9.17) is 27.9 Å². The van der Waals surface area contributed by atoms with Crippen molar-refractivity contribution in [2.75, 3.05) is 0 Å². The first-order chi connectivity index (χ1) is 11.0. The van der Waals surface area contributed by atoms with Crippen molar-refractivity contribution in [1.29, 1.82) is 0 Å². The zero-order chi connectivity index (χ0) is 16.8. The molecule has 4 nitrogen and oxygen atoms in total. The van der Waals surface area contributed by atoms with Crippen LogP contribution in [0.25, 0.3) is 0 Å². The number of rotatable bonds is 6. The van der Waals surface area contributed by atoms with Crippen LogP contribution >= 0.6 is 35.6 Å². The molecular formula is C17H19Cl3N2O2. The van der Waals surface area contributed by atoms with Crippen molar-refractivity contribution in [2.24, 2.45) is 0 Å². The lowest BCUT2D eigenvalue weighted by atomic mass is 10.2. The lowest BCUT2D eigenvalue weighted by molar-refractivity contribution is 0.0927. The number of carbonyl (C=O) groups excluding carboxylic acids is 1. The minimum atomic E-state index is -0.308. The number of benzene rings is 2. The molecule has 1 amide bonds. The summed E-state index contributed by atoms with van der Waals surface area (Å²) in [5.41, 5.74) is 6.77. The average molecular weight is 390 g/mol. The summed E-state index contributed by atoms with van der Waals surface area (Å²) in [6, 6.07) is 12.9. The molecule has 0 fully saturated rings. The molecule has 2 rings (SSSR count). The molecule has 0 unspecified atom stereocenters. The number of carbonyl (C=O) groups is 1. The summed E-state index contributed by atoms with van der Waals surface area (Å²) in [5.74, 6) is 0.0580. The minimum absolute atomic E-state index is 0. The highest BCUT2D eigenvalue weighted by Gasteiger charge is 2.14. The van der Waals surface area contributed by atoms with Gasteiger partial charge >= 0.3 is 0 Å². The van der Waals surface area contributed by atoms with E-state index in [0.717, 1.165) is 5.56 Å². The predicted molar refractivity (Wildman–Crippen MR) is 100 cm³/mol. The normalized spacial score (nSPS) is 10.2. The molecule has 7 heteroatoms. The number of hydrogen-bond acceptors (Lipinski definition) is 3. The molecule has 0 atom stereocenters. The van der Waals surface area contributed by atoms with E-state index in [1.165, 1.54) is 12.1 Å². The number of hydrogen-bond donors (Lipinski definition) is 2. The Morgan fingerprint density at radius 1 is 1.12 bits per heavy atom. The van der Waals surface area contributed by atoms with E-state index >= 15 is 0 Å². The number of nitrogens with one attached hydrogen (secondary N) is 2. The first-order valence-corrected chi connectivity index (χ1v) is 7.94. The molecule has 0 aromatic heterocycles. The minimum Gasteiger partial charge on any atom is -0.486 e. The fraction of sp³-hybridized carbons (Fsp3) is 0.235. The Balaban J connectivity index is 0.00000288. The molecule has 0 saturated heterocycles. The van der Waals surface area contributed by atoms with Crippen molar-refractivity contribution in [3.05, 3.63) is 63.6 Å². The molecule has 0 spiro atoms. The lowest BCUT2D eigenvalue weighted by Gasteiger charge is -2.13. The van der Waals surface area contributed by atoms with Crippen LogP contribution in [-0.2, 0) is 6.61 Å². The zero-order valence-electron chi connectivity index (χ0n) is 13.3. The van der Waals surface area contributed by atoms with Gasteiger partial charge in [0.25, 0.3) is 5.91 Å². The Bertz CT molecular complexity index is 656. The predicted octanol–water partition coefficient (Wildman–Crippen LogP) is 4.64. The second-order valence-electron chi connectivity index (χ2n) is 5.30. The molecule has 0 heterocycles. The van der Waals surface area contributed by atoms with E-state index in [-0.39, 0.29) is 24.4 Å². The lowest BCUT2D eigenvalue weighted by Crippen LogP contribution is -2.41.